The molecule has 0 heterocycles. The van der Waals surface area contributed by atoms with Gasteiger partial charge < -0.3 is 39.8 Å². The van der Waals surface area contributed by atoms with Gasteiger partial charge in [-0.3, -0.25) is 0 Å². The van der Waals surface area contributed by atoms with Crippen molar-refractivity contribution < 1.29 is 39.8 Å². The van der Waals surface area contributed by atoms with Gasteiger partial charge >= 0.3 is 26.4 Å². The summed E-state index contributed by atoms with van der Waals surface area (Å²) in [7, 11) is 11.9. The van der Waals surface area contributed by atoms with Crippen molar-refractivity contribution in [1.82, 2.24) is 0 Å². The van der Waals surface area contributed by atoms with Gasteiger partial charge in [0.15, 0.2) is 0 Å². The zero-order valence-corrected chi connectivity index (χ0v) is 47.1. The number of fused-ring (bicyclic) bond motifs is 2. The van der Waals surface area contributed by atoms with E-state index in [0.717, 1.165) is 28.5 Å². The van der Waals surface area contributed by atoms with E-state index in [1.807, 2.05) is 144 Å². The van der Waals surface area contributed by atoms with Crippen molar-refractivity contribution in [3.8, 4) is 0 Å². The molecule has 55 heavy (non-hydrogen) atoms. The Balaban J connectivity index is 2.22. The van der Waals surface area contributed by atoms with E-state index in [1.54, 1.807) is 0 Å². The topological polar surface area (TPSA) is 83.1 Å². The van der Waals surface area contributed by atoms with Gasteiger partial charge in [0.25, 0.3) is 0 Å². The Labute approximate surface area is 380 Å². The molecule has 0 aromatic rings. The highest BCUT2D eigenvalue weighted by Gasteiger charge is 2.47. The Bertz CT molecular complexity index is 834. The molecule has 0 aromatic heterocycles. The molecule has 330 valence electrons. The molecule has 2 bridgehead atoms. The molecule has 0 saturated heterocycles. The summed E-state index contributed by atoms with van der Waals surface area (Å²) in [5.41, 5.74) is 0.536. The molecule has 0 atom stereocenters. The average Bonchev–Trinajstić information content (AvgIpc) is 3.77. The first-order valence-electron chi connectivity index (χ1n) is 19.5. The van der Waals surface area contributed by atoms with Crippen LogP contribution in [0.4, 0.5) is 0 Å². The average molecular weight is 1050 g/mol. The molecule has 24 heteroatoms. The fraction of sp³-hybridized carbons (Fsp3) is 1.00. The smallest absolute Gasteiger partial charge is 0.374 e. The molecule has 0 spiro atoms. The van der Waals surface area contributed by atoms with Gasteiger partial charge in [0.05, 0.1) is 10.8 Å². The summed E-state index contributed by atoms with van der Waals surface area (Å²) in [6.45, 7) is 23.6. The first-order valence-corrected chi connectivity index (χ1v) is 42.3. The lowest BCUT2D eigenvalue weighted by molar-refractivity contribution is 0.0726. The van der Waals surface area contributed by atoms with Crippen molar-refractivity contribution >= 4 is 145 Å². The number of hydrogen-bond acceptors (Lipinski definition) is 20. The quantitative estimate of drug-likeness (QED) is 0.0332. The molecular weight excluding hydrogens is 985 g/mol. The molecule has 2 saturated carbocycles. The summed E-state index contributed by atoms with van der Waals surface area (Å²) >= 11 is 0. The van der Waals surface area contributed by atoms with Gasteiger partial charge in [-0.25, -0.2) is 0 Å². The minimum Gasteiger partial charge on any atom is -0.374 e. The van der Waals surface area contributed by atoms with Crippen molar-refractivity contribution in [3.63, 3.8) is 0 Å². The summed E-state index contributed by atoms with van der Waals surface area (Å²) in [4.78, 5) is 0. The molecule has 0 unspecified atom stereocenters. The maximum absolute atomic E-state index is 6.17. The highest BCUT2D eigenvalue weighted by molar-refractivity contribution is 9.74. The monoisotopic (exact) mass is 1050 g/mol. The van der Waals surface area contributed by atoms with Crippen molar-refractivity contribution in [2.24, 2.45) is 11.3 Å². The lowest BCUT2D eigenvalue weighted by atomic mass is 9.82. The highest BCUT2D eigenvalue weighted by Crippen LogP contribution is 2.89. The van der Waals surface area contributed by atoms with Gasteiger partial charge in [-0.2, -0.15) is 0 Å². The maximum atomic E-state index is 6.17. The molecule has 2 aliphatic carbocycles. The van der Waals surface area contributed by atoms with Crippen LogP contribution in [0, 0.1) is 11.3 Å². The first kappa shape index (κ1) is 55.6. The van der Waals surface area contributed by atoms with E-state index < -0.39 is 33.5 Å². The van der Waals surface area contributed by atoms with Gasteiger partial charge in [0.2, 0.25) is 0 Å². The van der Waals surface area contributed by atoms with E-state index in [4.69, 9.17) is 39.8 Å². The van der Waals surface area contributed by atoms with Gasteiger partial charge in [0.1, 0.15) is 0 Å². The number of rotatable bonds is 39. The van der Waals surface area contributed by atoms with Crippen LogP contribution in [-0.4, -0.2) is 108 Å². The van der Waals surface area contributed by atoms with E-state index in [2.05, 4.69) is 29.5 Å². The fourth-order valence-corrected chi connectivity index (χ4v) is 68.0. The molecule has 2 rings (SSSR count). The Kier molecular flexibility index (Phi) is 32.6. The largest absolute Gasteiger partial charge is 0.512 e. The van der Waals surface area contributed by atoms with Crippen molar-refractivity contribution in [2.45, 2.75) is 107 Å². The number of hydrogen-bond donors (Lipinski definition) is 0. The molecule has 9 nitrogen and oxygen atoms in total. The second-order valence-electron chi connectivity index (χ2n) is 12.2. The minimum absolute atomic E-state index is 0.536. The summed E-state index contributed by atoms with van der Waals surface area (Å²) < 4.78 is 55.4. The van der Waals surface area contributed by atoms with Gasteiger partial charge in [0, 0.05) is 77.0 Å². The third kappa shape index (κ3) is 20.9. The highest BCUT2D eigenvalue weighted by atomic mass is 34.2. The van der Waals surface area contributed by atoms with Crippen LogP contribution in [0.25, 0.3) is 0 Å². The van der Waals surface area contributed by atoms with Crippen molar-refractivity contribution in [1.29, 1.82) is 0 Å². The van der Waals surface area contributed by atoms with Crippen LogP contribution >= 0.6 is 118 Å². The van der Waals surface area contributed by atoms with E-state index in [-0.39, 0.29) is 0 Å². The molecule has 2 aliphatic rings. The molecule has 0 N–H and O–H groups in total. The SMILES string of the molecule is CCO[Si](CCSSSS(CCC12CCC(CC1)C2)(SSSSC[Si](OCC)(OCC)OCC)SSSSC[Si](OCC)(OCC)OCC)(OCC)OCC. The van der Waals surface area contributed by atoms with E-state index in [1.165, 1.54) is 44.3 Å². The van der Waals surface area contributed by atoms with Crippen LogP contribution in [-0.2, 0) is 39.8 Å². The van der Waals surface area contributed by atoms with Crippen LogP contribution in [0.5, 0.6) is 0 Å². The zero-order valence-electron chi connectivity index (χ0n) is 34.3. The Morgan fingerprint density at radius 3 is 1.24 bits per heavy atom. The molecule has 2 fully saturated rings. The van der Waals surface area contributed by atoms with Gasteiger partial charge in [-0.15, -0.1) is 0 Å². The molecule has 0 aromatic carbocycles. The van der Waals surface area contributed by atoms with Crippen LogP contribution in [0.3, 0.4) is 0 Å². The van der Waals surface area contributed by atoms with Gasteiger partial charge in [-0.05, 0) is 191 Å². The zero-order chi connectivity index (χ0) is 40.4. The summed E-state index contributed by atoms with van der Waals surface area (Å²) in [5.74, 6) is 3.10. The third-order valence-electron chi connectivity index (χ3n) is 8.61. The summed E-state index contributed by atoms with van der Waals surface area (Å²) in [6.07, 6.45) is 8.39. The summed E-state index contributed by atoms with van der Waals surface area (Å²) in [6, 6.07) is 0.812. The Morgan fingerprint density at radius 1 is 0.491 bits per heavy atom. The Hall–Kier alpha value is 4.49. The summed E-state index contributed by atoms with van der Waals surface area (Å²) in [5, 5.41) is 1.46. The standard InChI is InChI=1S/C31H68O9S12Si3/c1-10-32-53(33-11-2,34-12-3)26-24-41-46-49-52(25-23-31-21-19-30(27-31)20-22-31,50-47-44-42-28-54(35-13-4,36-14-5)37-15-6)51-48-45-43-29-55(38-16-7,39-17-8)40-18-9/h30H,10-29H2,1-9H3. The minimum atomic E-state index is -2.72. The van der Waals surface area contributed by atoms with E-state index >= 15 is 0 Å². The molecular formula is C31H68O9S12Si3. The van der Waals surface area contributed by atoms with Crippen LogP contribution in [0.15, 0.2) is 0 Å². The van der Waals surface area contributed by atoms with Crippen LogP contribution in [0.1, 0.15) is 101 Å². The second kappa shape index (κ2) is 32.2. The molecule has 0 aliphatic heterocycles. The fourth-order valence-electron chi connectivity index (χ4n) is 6.56. The van der Waals surface area contributed by atoms with Crippen molar-refractivity contribution in [2.75, 3.05) is 81.7 Å². The maximum Gasteiger partial charge on any atom is 0.512 e. The van der Waals surface area contributed by atoms with Crippen LogP contribution < -0.4 is 0 Å². The van der Waals surface area contributed by atoms with Crippen LogP contribution in [0.2, 0.25) is 6.04 Å². The Morgan fingerprint density at radius 2 is 0.873 bits per heavy atom. The molecule has 0 radical (unpaired) electrons. The predicted octanol–water partition coefficient (Wildman–Crippen LogP) is 14.1. The molecule has 0 amide bonds. The van der Waals surface area contributed by atoms with Gasteiger partial charge in [-0.1, -0.05) is 39.5 Å². The lowest BCUT2D eigenvalue weighted by Gasteiger charge is -2.37. The predicted molar refractivity (Wildman–Crippen MR) is 271 cm³/mol. The lowest BCUT2D eigenvalue weighted by Crippen LogP contribution is -2.49. The first-order chi connectivity index (χ1) is 26.7. The normalized spacial score (nSPS) is 19.5. The van der Waals surface area contributed by atoms with E-state index in [0.29, 0.717) is 64.9 Å². The van der Waals surface area contributed by atoms with Crippen molar-refractivity contribution in [3.05, 3.63) is 0 Å². The second-order valence-corrected chi connectivity index (χ2v) is 47.7. The van der Waals surface area contributed by atoms with E-state index in [9.17, 15) is 0 Å². The third-order valence-corrected chi connectivity index (χ3v) is 57.3.